The van der Waals surface area contributed by atoms with Gasteiger partial charge < -0.3 is 24.3 Å². The van der Waals surface area contributed by atoms with Crippen LogP contribution in [0.2, 0.25) is 5.02 Å². The first-order valence-corrected chi connectivity index (χ1v) is 9.68. The van der Waals surface area contributed by atoms with E-state index in [1.165, 1.54) is 0 Å². The number of nitrogens with zero attached hydrogens (tertiary/aromatic N) is 2. The SMILES string of the molecule is COc1ccc(C2c3cccn3CCN2C(=O)Nc2ccc(Cl)cc2)c(OC)c1. The summed E-state index contributed by atoms with van der Waals surface area (Å²) in [5, 5.41) is 3.60. The second-order valence-corrected chi connectivity index (χ2v) is 7.20. The molecule has 1 aliphatic rings. The lowest BCUT2D eigenvalue weighted by atomic mass is 9.99. The lowest BCUT2D eigenvalue weighted by molar-refractivity contribution is 0.180. The van der Waals surface area contributed by atoms with Crippen molar-refractivity contribution in [1.29, 1.82) is 0 Å². The number of benzene rings is 2. The number of rotatable bonds is 4. The van der Waals surface area contributed by atoms with E-state index >= 15 is 0 Å². The van der Waals surface area contributed by atoms with E-state index in [-0.39, 0.29) is 12.1 Å². The highest BCUT2D eigenvalue weighted by molar-refractivity contribution is 6.30. The van der Waals surface area contributed by atoms with Crippen molar-refractivity contribution < 1.29 is 14.3 Å². The molecule has 2 aromatic carbocycles. The highest BCUT2D eigenvalue weighted by atomic mass is 35.5. The number of hydrogen-bond acceptors (Lipinski definition) is 3. The molecule has 0 bridgehead atoms. The van der Waals surface area contributed by atoms with E-state index < -0.39 is 0 Å². The maximum atomic E-state index is 13.2. The van der Waals surface area contributed by atoms with Crippen molar-refractivity contribution in [2.75, 3.05) is 26.1 Å². The second-order valence-electron chi connectivity index (χ2n) is 6.77. The van der Waals surface area contributed by atoms with E-state index in [1.807, 2.05) is 41.4 Å². The van der Waals surface area contributed by atoms with Gasteiger partial charge >= 0.3 is 6.03 Å². The van der Waals surface area contributed by atoms with Gasteiger partial charge in [-0.15, -0.1) is 0 Å². The first-order valence-electron chi connectivity index (χ1n) is 9.31. The predicted molar refractivity (Wildman–Crippen MR) is 113 cm³/mol. The van der Waals surface area contributed by atoms with Crippen LogP contribution >= 0.6 is 11.6 Å². The third-order valence-corrected chi connectivity index (χ3v) is 5.38. The number of ether oxygens (including phenoxy) is 2. The number of amides is 2. The summed E-state index contributed by atoms with van der Waals surface area (Å²) in [7, 11) is 3.24. The molecule has 1 N–H and O–H groups in total. The lowest BCUT2D eigenvalue weighted by Crippen LogP contribution is -2.44. The molecule has 2 heterocycles. The lowest BCUT2D eigenvalue weighted by Gasteiger charge is -2.37. The summed E-state index contributed by atoms with van der Waals surface area (Å²) in [4.78, 5) is 15.0. The molecule has 0 aliphatic carbocycles. The van der Waals surface area contributed by atoms with E-state index in [9.17, 15) is 4.79 Å². The Bertz CT molecular complexity index is 1020. The van der Waals surface area contributed by atoms with Crippen molar-refractivity contribution in [3.05, 3.63) is 77.1 Å². The summed E-state index contributed by atoms with van der Waals surface area (Å²) in [6, 6.07) is 16.3. The summed E-state index contributed by atoms with van der Waals surface area (Å²) in [5.41, 5.74) is 2.63. The smallest absolute Gasteiger partial charge is 0.322 e. The van der Waals surface area contributed by atoms with Gasteiger partial charge in [0.05, 0.1) is 14.2 Å². The number of nitrogens with one attached hydrogen (secondary N) is 1. The Hall–Kier alpha value is -3.12. The minimum atomic E-state index is -0.285. The van der Waals surface area contributed by atoms with E-state index in [0.29, 0.717) is 28.8 Å². The van der Waals surface area contributed by atoms with Crippen molar-refractivity contribution >= 4 is 23.3 Å². The van der Waals surface area contributed by atoms with E-state index in [2.05, 4.69) is 9.88 Å². The predicted octanol–water partition coefficient (Wildman–Crippen LogP) is 4.80. The summed E-state index contributed by atoms with van der Waals surface area (Å²) in [5.74, 6) is 1.38. The van der Waals surface area contributed by atoms with E-state index in [1.54, 1.807) is 38.5 Å². The van der Waals surface area contributed by atoms with Crippen LogP contribution in [0.5, 0.6) is 11.5 Å². The standard InChI is InChI=1S/C22H22ClN3O3/c1-28-17-9-10-18(20(14-17)29-2)21-19-4-3-11-25(19)12-13-26(21)22(27)24-16-7-5-15(23)6-8-16/h3-11,14,21H,12-13H2,1-2H3,(H,24,27). The number of anilines is 1. The van der Waals surface area contributed by atoms with Crippen LogP contribution in [0.25, 0.3) is 0 Å². The Morgan fingerprint density at radius 3 is 2.59 bits per heavy atom. The van der Waals surface area contributed by atoms with Crippen molar-refractivity contribution in [2.24, 2.45) is 0 Å². The minimum Gasteiger partial charge on any atom is -0.497 e. The number of methoxy groups -OCH3 is 2. The van der Waals surface area contributed by atoms with Crippen LogP contribution < -0.4 is 14.8 Å². The molecule has 1 aromatic heterocycles. The summed E-state index contributed by atoms with van der Waals surface area (Å²) in [6.45, 7) is 1.30. The van der Waals surface area contributed by atoms with Gasteiger partial charge in [-0.2, -0.15) is 0 Å². The first-order chi connectivity index (χ1) is 14.1. The van der Waals surface area contributed by atoms with Crippen molar-refractivity contribution in [1.82, 2.24) is 9.47 Å². The zero-order valence-electron chi connectivity index (χ0n) is 16.3. The molecule has 6 nitrogen and oxygen atoms in total. The van der Waals surface area contributed by atoms with Gasteiger partial charge in [0.2, 0.25) is 0 Å². The summed E-state index contributed by atoms with van der Waals surface area (Å²) < 4.78 is 13.1. The van der Waals surface area contributed by atoms with Crippen LogP contribution in [-0.4, -0.2) is 36.3 Å². The number of aromatic nitrogens is 1. The molecule has 2 amide bonds. The molecule has 4 rings (SSSR count). The fourth-order valence-corrected chi connectivity index (χ4v) is 3.83. The highest BCUT2D eigenvalue weighted by Crippen LogP contribution is 2.39. The largest absolute Gasteiger partial charge is 0.497 e. The number of fused-ring (bicyclic) bond motifs is 1. The molecule has 1 aliphatic heterocycles. The Balaban J connectivity index is 1.71. The highest BCUT2D eigenvalue weighted by Gasteiger charge is 2.34. The molecule has 0 saturated heterocycles. The van der Waals surface area contributed by atoms with Crippen LogP contribution in [-0.2, 0) is 6.54 Å². The first kappa shape index (κ1) is 19.2. The number of hydrogen-bond donors (Lipinski definition) is 1. The molecule has 0 fully saturated rings. The third-order valence-electron chi connectivity index (χ3n) is 5.13. The maximum absolute atomic E-state index is 13.2. The molecule has 0 saturated carbocycles. The number of carbonyl (C=O) groups excluding carboxylic acids is 1. The second kappa shape index (κ2) is 8.09. The maximum Gasteiger partial charge on any atom is 0.322 e. The molecular weight excluding hydrogens is 390 g/mol. The van der Waals surface area contributed by atoms with Gasteiger partial charge in [-0.3, -0.25) is 0 Å². The topological polar surface area (TPSA) is 55.7 Å². The number of halogens is 1. The van der Waals surface area contributed by atoms with Crippen LogP contribution in [0.3, 0.4) is 0 Å². The molecular formula is C22H22ClN3O3. The molecule has 3 aromatic rings. The molecule has 150 valence electrons. The van der Waals surface area contributed by atoms with Crippen LogP contribution in [0.1, 0.15) is 17.3 Å². The fraction of sp³-hybridized carbons (Fsp3) is 0.227. The Kier molecular flexibility index (Phi) is 5.36. The molecule has 0 spiro atoms. The van der Waals surface area contributed by atoms with Crippen molar-refractivity contribution in [3.63, 3.8) is 0 Å². The van der Waals surface area contributed by atoms with Crippen molar-refractivity contribution in [3.8, 4) is 11.5 Å². The average molecular weight is 412 g/mol. The van der Waals surface area contributed by atoms with Gasteiger partial charge in [-0.05, 0) is 48.5 Å². The zero-order valence-corrected chi connectivity index (χ0v) is 17.0. The monoisotopic (exact) mass is 411 g/mol. The Labute approximate surface area is 174 Å². The van der Waals surface area contributed by atoms with Gasteiger partial charge in [0, 0.05) is 47.3 Å². The molecule has 7 heteroatoms. The quantitative estimate of drug-likeness (QED) is 0.671. The zero-order chi connectivity index (χ0) is 20.4. The van der Waals surface area contributed by atoms with Crippen molar-refractivity contribution in [2.45, 2.75) is 12.6 Å². The summed E-state index contributed by atoms with van der Waals surface area (Å²) >= 11 is 5.95. The number of urea groups is 1. The van der Waals surface area contributed by atoms with Gasteiger partial charge in [0.1, 0.15) is 17.5 Å². The third kappa shape index (κ3) is 3.76. The molecule has 0 radical (unpaired) electrons. The van der Waals surface area contributed by atoms with E-state index in [0.717, 1.165) is 17.8 Å². The van der Waals surface area contributed by atoms with Gasteiger partial charge in [0.15, 0.2) is 0 Å². The normalized spacial score (nSPS) is 15.6. The number of carbonyl (C=O) groups is 1. The van der Waals surface area contributed by atoms with Crippen LogP contribution in [0.4, 0.5) is 10.5 Å². The average Bonchev–Trinajstić information content (AvgIpc) is 3.23. The van der Waals surface area contributed by atoms with Gasteiger partial charge in [-0.25, -0.2) is 4.79 Å². The van der Waals surface area contributed by atoms with Crippen LogP contribution in [0, 0.1) is 0 Å². The minimum absolute atomic E-state index is 0.178. The van der Waals surface area contributed by atoms with Gasteiger partial charge in [0.25, 0.3) is 0 Å². The molecule has 29 heavy (non-hydrogen) atoms. The Morgan fingerprint density at radius 2 is 1.86 bits per heavy atom. The molecule has 1 atom stereocenters. The summed E-state index contributed by atoms with van der Waals surface area (Å²) in [6.07, 6.45) is 2.03. The van der Waals surface area contributed by atoms with Gasteiger partial charge in [-0.1, -0.05) is 11.6 Å². The van der Waals surface area contributed by atoms with Crippen LogP contribution in [0.15, 0.2) is 60.8 Å². The Morgan fingerprint density at radius 1 is 1.07 bits per heavy atom. The van der Waals surface area contributed by atoms with E-state index in [4.69, 9.17) is 21.1 Å². The fourth-order valence-electron chi connectivity index (χ4n) is 3.70. The molecule has 1 unspecified atom stereocenters.